The van der Waals surface area contributed by atoms with Crippen molar-refractivity contribution in [3.8, 4) is 34.0 Å². The Balaban J connectivity index is 0.000000238. The predicted molar refractivity (Wildman–Crippen MR) is 377 cm³/mol. The van der Waals surface area contributed by atoms with E-state index >= 15 is 0 Å². The molecule has 2 saturated heterocycles. The van der Waals surface area contributed by atoms with Gasteiger partial charge in [-0.2, -0.15) is 49.9 Å². The van der Waals surface area contributed by atoms with Crippen LogP contribution in [-0.2, 0) is 60.7 Å². The van der Waals surface area contributed by atoms with Gasteiger partial charge in [-0.1, -0.05) is 48.5 Å². The number of ether oxygens (including phenoxy) is 5. The third-order valence-electron chi connectivity index (χ3n) is 15.7. The molecule has 0 spiro atoms. The van der Waals surface area contributed by atoms with Crippen molar-refractivity contribution in [3.05, 3.63) is 226 Å². The number of pyridine rings is 2. The monoisotopic (exact) mass is 1440 g/mol. The predicted octanol–water partition coefficient (Wildman–Crippen LogP) is 15.7. The van der Waals surface area contributed by atoms with Gasteiger partial charge in [-0.05, 0) is 152 Å². The number of anilines is 2. The van der Waals surface area contributed by atoms with Crippen LogP contribution in [0.1, 0.15) is 134 Å². The number of amides is 4. The van der Waals surface area contributed by atoms with E-state index < -0.39 is 46.9 Å². The lowest BCUT2D eigenvalue weighted by atomic mass is 10.0. The second-order valence-electron chi connectivity index (χ2n) is 24.8. The summed E-state index contributed by atoms with van der Waals surface area (Å²) in [5.41, 5.74) is 4.11. The molecule has 2 aliphatic rings. The summed E-state index contributed by atoms with van der Waals surface area (Å²) < 4.78 is 108. The normalized spacial score (nSPS) is 13.5. The molecule has 4 amide bonds. The quantitative estimate of drug-likeness (QED) is 0.0192. The number of benzene rings is 6. The first-order valence-electron chi connectivity index (χ1n) is 32.8. The summed E-state index contributed by atoms with van der Waals surface area (Å²) in [4.78, 5) is 85.2. The molecular formula is C76H76F6N6O12S2. The molecule has 2 fully saturated rings. The van der Waals surface area contributed by atoms with E-state index in [1.54, 1.807) is 96.7 Å². The molecule has 102 heavy (non-hydrogen) atoms. The molecule has 2 aromatic heterocycles. The number of alkyl halides is 6. The Morgan fingerprint density at radius 2 is 0.892 bits per heavy atom. The van der Waals surface area contributed by atoms with Crippen LogP contribution < -0.4 is 30.7 Å². The maximum absolute atomic E-state index is 13.6. The van der Waals surface area contributed by atoms with E-state index in [0.29, 0.717) is 117 Å². The number of aliphatic carboxylic acids is 1. The van der Waals surface area contributed by atoms with E-state index in [-0.39, 0.29) is 67.0 Å². The number of carbonyl (C=O) groups excluding carboxylic acids is 5. The van der Waals surface area contributed by atoms with Crippen molar-refractivity contribution in [2.75, 3.05) is 48.6 Å². The van der Waals surface area contributed by atoms with E-state index in [2.05, 4.69) is 31.2 Å². The summed E-state index contributed by atoms with van der Waals surface area (Å²) in [5.74, 6) is 0.380. The number of rotatable bonds is 26. The fraction of sp³-hybridized carbons (Fsp3) is 0.316. The summed E-state index contributed by atoms with van der Waals surface area (Å²) in [5, 5.41) is 20.2. The minimum absolute atomic E-state index is 0.0502. The molecule has 0 radical (unpaired) electrons. The standard InChI is InChI=1S/C40H42F3N3O6S.C36H34F3N3O6S/c1-39(2,3)52-36(47)15-19-53-25-27-7-4-8-28(20-27)38(49)46-34-11-10-32(51-31-13-17-50-18-14-31)23-33(34)35-22-29(12-16-44-35)37(48)45-24-26-6-5-9-30(21-26)40(41,42)43;37-36(38,39)27-6-2-3-23(18-27)21-41-34(45)26-9-13-40-32(19-26)30-20-29(48-28-10-14-47-15-11-28)7-8-31(30)42-35(46)25-5-1-4-24(17-25)22-49-16-12-33(43)44/h4-12,16,20-23,31H,13-15,17-19,24-25H2,1-3H3,(H,45,48)(H,46,49);1-9,13,17-20,28H,10-12,14-16,21-22H2,(H,41,45)(H,42,46)(H,43,44). The van der Waals surface area contributed by atoms with Crippen LogP contribution >= 0.6 is 23.5 Å². The van der Waals surface area contributed by atoms with Crippen LogP contribution in [0.3, 0.4) is 0 Å². The highest BCUT2D eigenvalue weighted by Crippen LogP contribution is 2.36. The molecule has 0 unspecified atom stereocenters. The lowest BCUT2D eigenvalue weighted by Gasteiger charge is -2.24. The molecular weight excluding hydrogens is 1370 g/mol. The highest BCUT2D eigenvalue weighted by molar-refractivity contribution is 7.98. The Kier molecular flexibility index (Phi) is 27.1. The first-order valence-corrected chi connectivity index (χ1v) is 35.1. The largest absolute Gasteiger partial charge is 0.490 e. The summed E-state index contributed by atoms with van der Waals surface area (Å²) >= 11 is 3.03. The maximum Gasteiger partial charge on any atom is 0.416 e. The van der Waals surface area contributed by atoms with Crippen molar-refractivity contribution in [1.82, 2.24) is 20.6 Å². The molecule has 0 bridgehead atoms. The average molecular weight is 1440 g/mol. The highest BCUT2D eigenvalue weighted by Gasteiger charge is 2.32. The van der Waals surface area contributed by atoms with Crippen LogP contribution in [0.2, 0.25) is 0 Å². The van der Waals surface area contributed by atoms with Crippen molar-refractivity contribution in [1.29, 1.82) is 0 Å². The summed E-state index contributed by atoms with van der Waals surface area (Å²) in [6.45, 7) is 7.61. The Labute approximate surface area is 594 Å². The van der Waals surface area contributed by atoms with Gasteiger partial charge in [0.2, 0.25) is 0 Å². The lowest BCUT2D eigenvalue weighted by Crippen LogP contribution is -2.25. The molecule has 0 saturated carbocycles. The molecule has 2 aliphatic heterocycles. The molecule has 18 nitrogen and oxygen atoms in total. The molecule has 26 heteroatoms. The first kappa shape index (κ1) is 76.4. The molecule has 0 atom stereocenters. The van der Waals surface area contributed by atoms with Crippen LogP contribution in [0.4, 0.5) is 37.7 Å². The van der Waals surface area contributed by atoms with Gasteiger partial charge < -0.3 is 50.1 Å². The first-order chi connectivity index (χ1) is 48.8. The third kappa shape index (κ3) is 23.9. The Morgan fingerprint density at radius 3 is 1.30 bits per heavy atom. The topological polar surface area (TPSA) is 243 Å². The van der Waals surface area contributed by atoms with Gasteiger partial charge in [-0.3, -0.25) is 38.7 Å². The average Bonchev–Trinajstić information content (AvgIpc) is 0.809. The number of esters is 1. The molecule has 10 rings (SSSR count). The number of hydrogen-bond acceptors (Lipinski definition) is 15. The van der Waals surface area contributed by atoms with Crippen molar-refractivity contribution >= 4 is 70.5 Å². The van der Waals surface area contributed by atoms with Gasteiger partial charge in [0.1, 0.15) is 29.3 Å². The molecule has 4 heterocycles. The summed E-state index contributed by atoms with van der Waals surface area (Å²) in [6.07, 6.45) is -2.98. The number of halogens is 6. The van der Waals surface area contributed by atoms with Crippen molar-refractivity contribution < 1.29 is 83.9 Å². The number of carbonyl (C=O) groups is 6. The Bertz CT molecular complexity index is 4240. The van der Waals surface area contributed by atoms with Crippen LogP contribution in [-0.4, -0.2) is 106 Å². The number of carboxylic acid groups (broad SMARTS) is 1. The van der Waals surface area contributed by atoms with E-state index in [4.69, 9.17) is 28.8 Å². The number of thioether (sulfide) groups is 2. The minimum Gasteiger partial charge on any atom is -0.490 e. The Hall–Kier alpha value is -9.76. The van der Waals surface area contributed by atoms with Crippen molar-refractivity contribution in [2.24, 2.45) is 0 Å². The van der Waals surface area contributed by atoms with Gasteiger partial charge in [0.25, 0.3) is 23.6 Å². The fourth-order valence-corrected chi connectivity index (χ4v) is 12.4. The lowest BCUT2D eigenvalue weighted by molar-refractivity contribution is -0.154. The number of carboxylic acids is 1. The zero-order chi connectivity index (χ0) is 72.8. The second-order valence-corrected chi connectivity index (χ2v) is 27.0. The van der Waals surface area contributed by atoms with Gasteiger partial charge in [-0.15, -0.1) is 0 Å². The molecule has 5 N–H and O–H groups in total. The zero-order valence-corrected chi connectivity index (χ0v) is 57.7. The van der Waals surface area contributed by atoms with E-state index in [9.17, 15) is 55.1 Å². The summed E-state index contributed by atoms with van der Waals surface area (Å²) in [6, 6.07) is 40.3. The van der Waals surface area contributed by atoms with Crippen LogP contribution in [0.5, 0.6) is 11.5 Å². The Morgan fingerprint density at radius 1 is 0.490 bits per heavy atom. The van der Waals surface area contributed by atoms with E-state index in [0.717, 1.165) is 61.1 Å². The molecule has 8 aromatic rings. The molecule has 0 aliphatic carbocycles. The van der Waals surface area contributed by atoms with Gasteiger partial charge in [0, 0.05) is 108 Å². The van der Waals surface area contributed by atoms with Gasteiger partial charge >= 0.3 is 24.3 Å². The smallest absolute Gasteiger partial charge is 0.416 e. The number of nitrogens with one attached hydrogen (secondary N) is 4. The third-order valence-corrected chi connectivity index (χ3v) is 17.7. The molecule has 6 aromatic carbocycles. The van der Waals surface area contributed by atoms with Gasteiger partial charge in [-0.25, -0.2) is 0 Å². The van der Waals surface area contributed by atoms with Crippen molar-refractivity contribution in [2.45, 2.75) is 114 Å². The number of aromatic nitrogens is 2. The van der Waals surface area contributed by atoms with Crippen LogP contribution in [0.25, 0.3) is 22.5 Å². The van der Waals surface area contributed by atoms with Crippen LogP contribution in [0.15, 0.2) is 170 Å². The minimum atomic E-state index is -4.50. The zero-order valence-electron chi connectivity index (χ0n) is 56.1. The van der Waals surface area contributed by atoms with Gasteiger partial charge in [0.15, 0.2) is 0 Å². The molecule has 536 valence electrons. The van der Waals surface area contributed by atoms with E-state index in [1.165, 1.54) is 60.6 Å². The van der Waals surface area contributed by atoms with Gasteiger partial charge in [0.05, 0.1) is 73.2 Å². The van der Waals surface area contributed by atoms with Crippen molar-refractivity contribution in [3.63, 3.8) is 0 Å². The SMILES string of the molecule is CC(C)(C)OC(=O)CCSCc1cccc(C(=O)Nc2ccc(OC3CCOCC3)cc2-c2cc(C(=O)NCc3cccc(C(F)(F)F)c3)ccn2)c1.O=C(O)CCSCc1cccc(C(=O)Nc2ccc(OC3CCOCC3)cc2-c2cc(C(=O)NCc3cccc(C(F)(F)F)c3)ccn2)c1. The number of hydrogen-bond donors (Lipinski definition) is 5. The fourth-order valence-electron chi connectivity index (χ4n) is 10.6. The van der Waals surface area contributed by atoms with E-state index in [1.807, 2.05) is 32.9 Å². The second kappa shape index (κ2) is 36.2. The van der Waals surface area contributed by atoms with Crippen LogP contribution in [0, 0.1) is 0 Å². The number of nitrogens with zero attached hydrogens (tertiary/aromatic N) is 2. The maximum atomic E-state index is 13.6. The summed E-state index contributed by atoms with van der Waals surface area (Å²) in [7, 11) is 0. The highest BCUT2D eigenvalue weighted by atomic mass is 32.2.